The van der Waals surface area contributed by atoms with Crippen LogP contribution in [0.2, 0.25) is 0 Å². The molecule has 0 spiro atoms. The molecule has 1 fully saturated rings. The molecule has 7 heteroatoms. The van der Waals surface area contributed by atoms with Crippen LogP contribution >= 0.6 is 0 Å². The van der Waals surface area contributed by atoms with Gasteiger partial charge in [-0.25, -0.2) is 9.69 Å². The number of urea groups is 1. The number of para-hydroxylation sites is 1. The summed E-state index contributed by atoms with van der Waals surface area (Å²) in [6.07, 6.45) is 4.30. The van der Waals surface area contributed by atoms with Gasteiger partial charge in [-0.15, -0.1) is 0 Å². The van der Waals surface area contributed by atoms with Gasteiger partial charge in [0.15, 0.2) is 0 Å². The molecule has 3 aromatic carbocycles. The smallest absolute Gasteiger partial charge is 0.335 e. The third-order valence-corrected chi connectivity index (χ3v) is 6.76. The summed E-state index contributed by atoms with van der Waals surface area (Å²) in [6.45, 7) is 7.10. The van der Waals surface area contributed by atoms with Crippen LogP contribution in [0.15, 0.2) is 78.5 Å². The van der Waals surface area contributed by atoms with Gasteiger partial charge in [-0.3, -0.25) is 14.9 Å². The fraction of sp³-hybridized carbons (Fsp3) is 0.194. The Labute approximate surface area is 221 Å². The first-order valence-electron chi connectivity index (χ1n) is 12.6. The van der Waals surface area contributed by atoms with Gasteiger partial charge in [0.1, 0.15) is 17.9 Å². The Morgan fingerprint density at radius 3 is 2.47 bits per heavy atom. The number of benzene rings is 3. The van der Waals surface area contributed by atoms with Gasteiger partial charge in [-0.05, 0) is 67.3 Å². The fourth-order valence-electron chi connectivity index (χ4n) is 4.62. The van der Waals surface area contributed by atoms with Crippen LogP contribution in [-0.4, -0.2) is 29.0 Å². The normalized spacial score (nSPS) is 14.9. The first-order chi connectivity index (χ1) is 18.4. The lowest BCUT2D eigenvalue weighted by Gasteiger charge is -2.26. The molecule has 1 aromatic heterocycles. The summed E-state index contributed by atoms with van der Waals surface area (Å²) in [7, 11) is 0. The number of anilines is 1. The number of aromatic nitrogens is 1. The minimum Gasteiger partial charge on any atom is -0.491 e. The number of nitrogens with zero attached hydrogens (tertiary/aromatic N) is 2. The predicted octanol–water partition coefficient (Wildman–Crippen LogP) is 5.57. The van der Waals surface area contributed by atoms with E-state index in [0.29, 0.717) is 24.4 Å². The summed E-state index contributed by atoms with van der Waals surface area (Å²) in [5.74, 6) is -0.514. The van der Waals surface area contributed by atoms with Crippen molar-refractivity contribution in [3.63, 3.8) is 0 Å². The molecule has 4 aromatic rings. The molecule has 38 heavy (non-hydrogen) atoms. The van der Waals surface area contributed by atoms with Crippen LogP contribution in [-0.2, 0) is 22.6 Å². The highest BCUT2D eigenvalue weighted by Gasteiger charge is 2.37. The lowest BCUT2D eigenvalue weighted by atomic mass is 10.1. The number of carbonyl (C=O) groups is 3. The van der Waals surface area contributed by atoms with Gasteiger partial charge in [0, 0.05) is 22.7 Å². The van der Waals surface area contributed by atoms with E-state index in [2.05, 4.69) is 11.4 Å². The summed E-state index contributed by atoms with van der Waals surface area (Å²) < 4.78 is 8.10. The molecule has 0 saturated carbocycles. The number of rotatable bonds is 7. The molecular formula is C31H29N3O4. The average Bonchev–Trinajstić information content (AvgIpc) is 3.26. The molecule has 5 rings (SSSR count). The SMILES string of the molecule is CCc1ccc(N2C(=O)NC(=O)/C(=C/c3cn(CCOc4cc(C)ccc4C)c4ccccc34)C2=O)cc1. The molecule has 0 unspecified atom stereocenters. The van der Waals surface area contributed by atoms with E-state index in [9.17, 15) is 14.4 Å². The first kappa shape index (κ1) is 25.0. The zero-order valence-electron chi connectivity index (χ0n) is 21.7. The Balaban J connectivity index is 1.44. The quantitative estimate of drug-likeness (QED) is 0.262. The van der Waals surface area contributed by atoms with E-state index in [1.807, 2.05) is 80.1 Å². The third-order valence-electron chi connectivity index (χ3n) is 6.76. The number of amides is 4. The van der Waals surface area contributed by atoms with E-state index < -0.39 is 17.8 Å². The molecule has 1 aliphatic rings. The number of aryl methyl sites for hydroxylation is 3. The lowest BCUT2D eigenvalue weighted by Crippen LogP contribution is -2.54. The van der Waals surface area contributed by atoms with Crippen molar-refractivity contribution in [2.75, 3.05) is 11.5 Å². The number of nitrogens with one attached hydrogen (secondary N) is 1. The summed E-state index contributed by atoms with van der Waals surface area (Å²) in [6, 6.07) is 20.3. The number of hydrogen-bond donors (Lipinski definition) is 1. The van der Waals surface area contributed by atoms with Crippen molar-refractivity contribution in [1.82, 2.24) is 9.88 Å². The maximum Gasteiger partial charge on any atom is 0.335 e. The monoisotopic (exact) mass is 507 g/mol. The first-order valence-corrected chi connectivity index (χ1v) is 12.6. The van der Waals surface area contributed by atoms with Crippen LogP contribution in [0.25, 0.3) is 17.0 Å². The van der Waals surface area contributed by atoms with Crippen LogP contribution < -0.4 is 15.0 Å². The zero-order chi connectivity index (χ0) is 26.8. The molecule has 7 nitrogen and oxygen atoms in total. The molecule has 0 aliphatic carbocycles. The third kappa shape index (κ3) is 4.83. The minimum absolute atomic E-state index is 0.0984. The highest BCUT2D eigenvalue weighted by atomic mass is 16.5. The number of carbonyl (C=O) groups excluding carboxylic acids is 3. The van der Waals surface area contributed by atoms with Crippen LogP contribution in [0, 0.1) is 13.8 Å². The van der Waals surface area contributed by atoms with Gasteiger partial charge in [0.2, 0.25) is 0 Å². The van der Waals surface area contributed by atoms with Gasteiger partial charge in [-0.2, -0.15) is 0 Å². The molecule has 2 heterocycles. The van der Waals surface area contributed by atoms with Crippen molar-refractivity contribution in [2.24, 2.45) is 0 Å². The fourth-order valence-corrected chi connectivity index (χ4v) is 4.62. The molecule has 4 amide bonds. The maximum atomic E-state index is 13.4. The van der Waals surface area contributed by atoms with Gasteiger partial charge in [-0.1, -0.05) is 49.4 Å². The van der Waals surface area contributed by atoms with Gasteiger partial charge >= 0.3 is 6.03 Å². The maximum absolute atomic E-state index is 13.4. The number of fused-ring (bicyclic) bond motifs is 1. The highest BCUT2D eigenvalue weighted by Crippen LogP contribution is 2.27. The van der Waals surface area contributed by atoms with E-state index >= 15 is 0 Å². The molecule has 192 valence electrons. The molecule has 0 radical (unpaired) electrons. The van der Waals surface area contributed by atoms with E-state index in [1.165, 1.54) is 0 Å². The van der Waals surface area contributed by atoms with Crippen LogP contribution in [0.1, 0.15) is 29.2 Å². The number of barbiturate groups is 1. The number of imide groups is 2. The topological polar surface area (TPSA) is 80.6 Å². The van der Waals surface area contributed by atoms with Gasteiger partial charge < -0.3 is 9.30 Å². The average molecular weight is 508 g/mol. The van der Waals surface area contributed by atoms with Crippen molar-refractivity contribution in [1.29, 1.82) is 0 Å². The Bertz CT molecular complexity index is 1580. The van der Waals surface area contributed by atoms with Crippen molar-refractivity contribution in [3.8, 4) is 5.75 Å². The van der Waals surface area contributed by atoms with Crippen molar-refractivity contribution in [2.45, 2.75) is 33.7 Å². The molecule has 1 N–H and O–H groups in total. The van der Waals surface area contributed by atoms with Crippen molar-refractivity contribution < 1.29 is 19.1 Å². The molecule has 0 bridgehead atoms. The predicted molar refractivity (Wildman–Crippen MR) is 148 cm³/mol. The van der Waals surface area contributed by atoms with Crippen molar-refractivity contribution >= 4 is 40.5 Å². The van der Waals surface area contributed by atoms with Crippen LogP contribution in [0.4, 0.5) is 10.5 Å². The summed E-state index contributed by atoms with van der Waals surface area (Å²) in [4.78, 5) is 39.7. The number of ether oxygens (including phenoxy) is 1. The van der Waals surface area contributed by atoms with Crippen LogP contribution in [0.5, 0.6) is 5.75 Å². The highest BCUT2D eigenvalue weighted by molar-refractivity contribution is 6.39. The number of hydrogen-bond acceptors (Lipinski definition) is 4. The summed E-state index contributed by atoms with van der Waals surface area (Å²) >= 11 is 0. The lowest BCUT2D eigenvalue weighted by molar-refractivity contribution is -0.122. The van der Waals surface area contributed by atoms with Crippen LogP contribution in [0.3, 0.4) is 0 Å². The second-order valence-corrected chi connectivity index (χ2v) is 9.39. The van der Waals surface area contributed by atoms with E-state index in [0.717, 1.165) is 44.7 Å². The Hall–Kier alpha value is -4.65. The Morgan fingerprint density at radius 1 is 0.947 bits per heavy atom. The van der Waals surface area contributed by atoms with E-state index in [1.54, 1.807) is 18.2 Å². The minimum atomic E-state index is -0.757. The second-order valence-electron chi connectivity index (χ2n) is 9.39. The van der Waals surface area contributed by atoms with E-state index in [4.69, 9.17) is 4.74 Å². The van der Waals surface area contributed by atoms with Gasteiger partial charge in [0.25, 0.3) is 11.8 Å². The molecule has 1 saturated heterocycles. The Morgan fingerprint density at radius 2 is 1.71 bits per heavy atom. The molecule has 1 aliphatic heterocycles. The van der Waals surface area contributed by atoms with Gasteiger partial charge in [0.05, 0.1) is 12.2 Å². The second kappa shape index (κ2) is 10.4. The van der Waals surface area contributed by atoms with Crippen molar-refractivity contribution in [3.05, 3.63) is 101 Å². The van der Waals surface area contributed by atoms with E-state index in [-0.39, 0.29) is 5.57 Å². The standard InChI is InChI=1S/C31H29N3O4/c1-4-22-11-13-24(14-12-22)34-30(36)26(29(35)32-31(34)37)18-23-19-33(27-8-6-5-7-25(23)27)15-16-38-28-17-20(2)9-10-21(28)3/h5-14,17-19H,4,15-16H2,1-3H3,(H,32,35,37)/b26-18-. The summed E-state index contributed by atoms with van der Waals surface area (Å²) in [5.41, 5.74) is 5.27. The molecule has 0 atom stereocenters. The molecular weight excluding hydrogens is 478 g/mol. The largest absolute Gasteiger partial charge is 0.491 e. The summed E-state index contributed by atoms with van der Waals surface area (Å²) in [5, 5.41) is 3.20. The Kier molecular flexibility index (Phi) is 6.83. The zero-order valence-corrected chi connectivity index (χ0v) is 21.7.